The lowest BCUT2D eigenvalue weighted by Crippen LogP contribution is -2.01. The van der Waals surface area contributed by atoms with E-state index < -0.39 is 10.9 Å². The van der Waals surface area contributed by atoms with Gasteiger partial charge in [-0.15, -0.1) is 0 Å². The molecule has 0 radical (unpaired) electrons. The Morgan fingerprint density at radius 1 is 1.15 bits per heavy atom. The fraction of sp³-hybridized carbons (Fsp3) is 0.0714. The monoisotopic (exact) mass is 272 g/mol. The molecule has 0 spiro atoms. The fourth-order valence-electron chi connectivity index (χ4n) is 1.76. The standard InChI is InChI=1S/C14H12N2O4/c1-9-2-3-11(8-13(9)14(17)18)15-10-4-6-12(7-5-10)16(19)20/h2-8,15H,1H3,(H,17,18). The summed E-state index contributed by atoms with van der Waals surface area (Å²) in [5.74, 6) is -0.991. The molecule has 0 saturated heterocycles. The summed E-state index contributed by atoms with van der Waals surface area (Å²) in [4.78, 5) is 21.1. The highest BCUT2D eigenvalue weighted by Crippen LogP contribution is 2.22. The number of hydrogen-bond acceptors (Lipinski definition) is 4. The summed E-state index contributed by atoms with van der Waals surface area (Å²) in [6, 6.07) is 10.9. The van der Waals surface area contributed by atoms with E-state index in [0.29, 0.717) is 16.9 Å². The molecule has 0 aromatic heterocycles. The molecule has 2 N–H and O–H groups in total. The highest BCUT2D eigenvalue weighted by atomic mass is 16.6. The van der Waals surface area contributed by atoms with Crippen molar-refractivity contribution in [3.63, 3.8) is 0 Å². The molecule has 6 nitrogen and oxygen atoms in total. The first kappa shape index (κ1) is 13.5. The van der Waals surface area contributed by atoms with E-state index in [2.05, 4.69) is 5.32 Å². The second-order valence-electron chi connectivity index (χ2n) is 4.26. The number of carboxylic acid groups (broad SMARTS) is 1. The lowest BCUT2D eigenvalue weighted by molar-refractivity contribution is -0.384. The van der Waals surface area contributed by atoms with Gasteiger partial charge in [-0.3, -0.25) is 10.1 Å². The van der Waals surface area contributed by atoms with Crippen LogP contribution in [0.15, 0.2) is 42.5 Å². The predicted octanol–water partition coefficient (Wildman–Crippen LogP) is 3.35. The van der Waals surface area contributed by atoms with E-state index in [-0.39, 0.29) is 11.3 Å². The molecule has 2 rings (SSSR count). The van der Waals surface area contributed by atoms with Crippen molar-refractivity contribution >= 4 is 23.0 Å². The number of nitro groups is 1. The van der Waals surface area contributed by atoms with Gasteiger partial charge in [0.25, 0.3) is 5.69 Å². The average molecular weight is 272 g/mol. The number of benzene rings is 2. The maximum atomic E-state index is 11.0. The minimum Gasteiger partial charge on any atom is -0.478 e. The summed E-state index contributed by atoms with van der Waals surface area (Å²) >= 11 is 0. The normalized spacial score (nSPS) is 10.1. The Kier molecular flexibility index (Phi) is 3.65. The summed E-state index contributed by atoms with van der Waals surface area (Å²) in [5, 5.41) is 22.6. The number of anilines is 2. The summed E-state index contributed by atoms with van der Waals surface area (Å²) in [6.07, 6.45) is 0. The molecule has 0 aliphatic rings. The molecule has 0 amide bonds. The number of non-ortho nitro benzene ring substituents is 1. The highest BCUT2D eigenvalue weighted by molar-refractivity contribution is 5.90. The highest BCUT2D eigenvalue weighted by Gasteiger charge is 2.08. The number of rotatable bonds is 4. The van der Waals surface area contributed by atoms with Gasteiger partial charge >= 0.3 is 5.97 Å². The van der Waals surface area contributed by atoms with Gasteiger partial charge in [-0.2, -0.15) is 0 Å². The molecular formula is C14H12N2O4. The Balaban J connectivity index is 2.23. The van der Waals surface area contributed by atoms with E-state index in [1.165, 1.54) is 18.2 Å². The van der Waals surface area contributed by atoms with Crippen LogP contribution in [0.3, 0.4) is 0 Å². The van der Waals surface area contributed by atoms with Crippen LogP contribution in [0.25, 0.3) is 0 Å². The van der Waals surface area contributed by atoms with E-state index in [9.17, 15) is 14.9 Å². The smallest absolute Gasteiger partial charge is 0.336 e. The SMILES string of the molecule is Cc1ccc(Nc2ccc([N+](=O)[O-])cc2)cc1C(=O)O. The van der Waals surface area contributed by atoms with Gasteiger partial charge in [-0.25, -0.2) is 4.79 Å². The third-order valence-electron chi connectivity index (χ3n) is 2.83. The molecule has 0 aliphatic carbocycles. The molecule has 102 valence electrons. The number of aromatic carboxylic acids is 1. The molecule has 2 aromatic carbocycles. The summed E-state index contributed by atoms with van der Waals surface area (Å²) in [6.45, 7) is 1.72. The van der Waals surface area contributed by atoms with E-state index >= 15 is 0 Å². The Labute approximate surface area is 114 Å². The molecule has 0 atom stereocenters. The molecule has 0 fully saturated rings. The van der Waals surface area contributed by atoms with Gasteiger partial charge in [-0.05, 0) is 36.8 Å². The quantitative estimate of drug-likeness (QED) is 0.657. The minimum atomic E-state index is -0.991. The van der Waals surface area contributed by atoms with Gasteiger partial charge in [0.1, 0.15) is 0 Å². The van der Waals surface area contributed by atoms with Crippen molar-refractivity contribution in [2.45, 2.75) is 6.92 Å². The number of carboxylic acids is 1. The van der Waals surface area contributed by atoms with Crippen molar-refractivity contribution in [2.75, 3.05) is 5.32 Å². The van der Waals surface area contributed by atoms with Crippen molar-refractivity contribution in [3.05, 3.63) is 63.7 Å². The molecule has 0 unspecified atom stereocenters. The van der Waals surface area contributed by atoms with E-state index in [0.717, 1.165) is 0 Å². The molecule has 0 aliphatic heterocycles. The third-order valence-corrected chi connectivity index (χ3v) is 2.83. The maximum Gasteiger partial charge on any atom is 0.336 e. The first-order chi connectivity index (χ1) is 9.47. The fourth-order valence-corrected chi connectivity index (χ4v) is 1.76. The van der Waals surface area contributed by atoms with Crippen LogP contribution >= 0.6 is 0 Å². The van der Waals surface area contributed by atoms with Gasteiger partial charge in [0, 0.05) is 23.5 Å². The number of nitrogens with zero attached hydrogens (tertiary/aromatic N) is 1. The van der Waals surface area contributed by atoms with Gasteiger partial charge in [0.15, 0.2) is 0 Å². The molecule has 0 bridgehead atoms. The largest absolute Gasteiger partial charge is 0.478 e. The zero-order chi connectivity index (χ0) is 14.7. The van der Waals surface area contributed by atoms with Gasteiger partial charge in [0.2, 0.25) is 0 Å². The topological polar surface area (TPSA) is 92.5 Å². The van der Waals surface area contributed by atoms with Crippen LogP contribution in [0.4, 0.5) is 17.1 Å². The summed E-state index contributed by atoms with van der Waals surface area (Å²) in [7, 11) is 0. The first-order valence-corrected chi connectivity index (χ1v) is 5.83. The zero-order valence-corrected chi connectivity index (χ0v) is 10.7. The number of hydrogen-bond donors (Lipinski definition) is 2. The van der Waals surface area contributed by atoms with Crippen LogP contribution in [0.1, 0.15) is 15.9 Å². The zero-order valence-electron chi connectivity index (χ0n) is 10.7. The number of nitro benzene ring substituents is 1. The Bertz CT molecular complexity index is 665. The van der Waals surface area contributed by atoms with Crippen molar-refractivity contribution < 1.29 is 14.8 Å². The second kappa shape index (κ2) is 5.40. The predicted molar refractivity (Wildman–Crippen MR) is 74.5 cm³/mol. The van der Waals surface area contributed by atoms with Crippen LogP contribution in [-0.4, -0.2) is 16.0 Å². The lowest BCUT2D eigenvalue weighted by Gasteiger charge is -2.08. The first-order valence-electron chi connectivity index (χ1n) is 5.83. The maximum absolute atomic E-state index is 11.0. The molecule has 0 heterocycles. The minimum absolute atomic E-state index is 0.00526. The van der Waals surface area contributed by atoms with E-state index in [1.807, 2.05) is 0 Å². The lowest BCUT2D eigenvalue weighted by atomic mass is 10.1. The van der Waals surface area contributed by atoms with Crippen LogP contribution in [0.5, 0.6) is 0 Å². The molecule has 6 heteroatoms. The second-order valence-corrected chi connectivity index (χ2v) is 4.26. The molecule has 20 heavy (non-hydrogen) atoms. The van der Waals surface area contributed by atoms with Crippen LogP contribution in [-0.2, 0) is 0 Å². The van der Waals surface area contributed by atoms with Gasteiger partial charge in [0.05, 0.1) is 10.5 Å². The Hall–Kier alpha value is -2.89. The molecule has 0 saturated carbocycles. The van der Waals surface area contributed by atoms with Gasteiger partial charge < -0.3 is 10.4 Å². The summed E-state index contributed by atoms with van der Waals surface area (Å²) < 4.78 is 0. The third kappa shape index (κ3) is 2.92. The van der Waals surface area contributed by atoms with Gasteiger partial charge in [-0.1, -0.05) is 6.07 Å². The van der Waals surface area contributed by atoms with Crippen molar-refractivity contribution in [1.29, 1.82) is 0 Å². The summed E-state index contributed by atoms with van der Waals surface area (Å²) in [5.41, 5.74) is 2.16. The number of nitrogens with one attached hydrogen (secondary N) is 1. The van der Waals surface area contributed by atoms with E-state index in [4.69, 9.17) is 5.11 Å². The molecular weight excluding hydrogens is 260 g/mol. The van der Waals surface area contributed by atoms with Crippen molar-refractivity contribution in [1.82, 2.24) is 0 Å². The Morgan fingerprint density at radius 2 is 1.75 bits per heavy atom. The Morgan fingerprint density at radius 3 is 2.30 bits per heavy atom. The average Bonchev–Trinajstić information content (AvgIpc) is 2.41. The van der Waals surface area contributed by atoms with Crippen molar-refractivity contribution in [3.8, 4) is 0 Å². The van der Waals surface area contributed by atoms with Crippen LogP contribution in [0, 0.1) is 17.0 Å². The van der Waals surface area contributed by atoms with Crippen molar-refractivity contribution in [2.24, 2.45) is 0 Å². The number of aryl methyl sites for hydroxylation is 1. The number of carbonyl (C=O) groups is 1. The molecule has 2 aromatic rings. The van der Waals surface area contributed by atoms with Crippen LogP contribution in [0.2, 0.25) is 0 Å². The van der Waals surface area contributed by atoms with Crippen LogP contribution < -0.4 is 5.32 Å². The van der Waals surface area contributed by atoms with E-state index in [1.54, 1.807) is 31.2 Å².